The molecule has 170 valence electrons. The van der Waals surface area contributed by atoms with Gasteiger partial charge in [0.05, 0.1) is 11.4 Å². The lowest BCUT2D eigenvalue weighted by atomic mass is 9.83. The molecule has 5 heteroatoms. The Morgan fingerprint density at radius 1 is 0.971 bits per heavy atom. The summed E-state index contributed by atoms with van der Waals surface area (Å²) in [6, 6.07) is 21.1. The van der Waals surface area contributed by atoms with Crippen LogP contribution in [0.3, 0.4) is 0 Å². The zero-order valence-electron chi connectivity index (χ0n) is 19.6. The van der Waals surface area contributed by atoms with Gasteiger partial charge in [-0.1, -0.05) is 67.8 Å². The summed E-state index contributed by atoms with van der Waals surface area (Å²) >= 11 is 0. The fourth-order valence-corrected chi connectivity index (χ4v) is 4.73. The maximum atomic E-state index is 4.95. The van der Waals surface area contributed by atoms with Gasteiger partial charge in [0.2, 0.25) is 5.96 Å². The number of piperidine rings is 1. The second kappa shape index (κ2) is 9.48. The van der Waals surface area contributed by atoms with Crippen molar-refractivity contribution in [3.8, 4) is 11.1 Å². The van der Waals surface area contributed by atoms with E-state index in [-0.39, 0.29) is 0 Å². The highest BCUT2D eigenvalue weighted by Gasteiger charge is 2.28. The van der Waals surface area contributed by atoms with E-state index in [4.69, 9.17) is 4.99 Å². The smallest absolute Gasteiger partial charge is 0.206 e. The first-order valence-corrected chi connectivity index (χ1v) is 11.7. The number of hydrogen-bond donors (Lipinski definition) is 0. The van der Waals surface area contributed by atoms with Gasteiger partial charge in [-0.15, -0.1) is 0 Å². The number of aliphatic imine (C=N–C) groups is 1. The van der Waals surface area contributed by atoms with Crippen LogP contribution in [0.5, 0.6) is 0 Å². The number of rotatable bonds is 4. The SMILES string of the molecule is C=C(c1ccccc1-c1ccccc1)C1CCN(C2=NC(c3ccncn3)=CC(=C)N2C)CC1. The Hall–Kier alpha value is -3.99. The normalized spacial score (nSPS) is 16.8. The number of aromatic nitrogens is 2. The van der Waals surface area contributed by atoms with E-state index >= 15 is 0 Å². The molecule has 0 N–H and O–H groups in total. The van der Waals surface area contributed by atoms with Gasteiger partial charge in [0.15, 0.2) is 0 Å². The Bertz CT molecular complexity index is 1250. The fourth-order valence-electron chi connectivity index (χ4n) is 4.73. The predicted octanol–water partition coefficient (Wildman–Crippen LogP) is 5.73. The van der Waals surface area contributed by atoms with Crippen molar-refractivity contribution in [3.63, 3.8) is 0 Å². The molecule has 0 unspecified atom stereocenters. The lowest BCUT2D eigenvalue weighted by Gasteiger charge is -2.39. The number of allylic oxidation sites excluding steroid dienone is 2. The average molecular weight is 448 g/mol. The van der Waals surface area contributed by atoms with Gasteiger partial charge in [0.1, 0.15) is 6.33 Å². The molecule has 0 saturated carbocycles. The largest absolute Gasteiger partial charge is 0.342 e. The van der Waals surface area contributed by atoms with E-state index in [1.165, 1.54) is 22.3 Å². The van der Waals surface area contributed by atoms with E-state index < -0.39 is 0 Å². The third-order valence-electron chi connectivity index (χ3n) is 6.73. The van der Waals surface area contributed by atoms with E-state index in [1.54, 1.807) is 12.5 Å². The van der Waals surface area contributed by atoms with Crippen molar-refractivity contribution >= 4 is 17.2 Å². The van der Waals surface area contributed by atoms with Crippen LogP contribution in [0, 0.1) is 5.92 Å². The van der Waals surface area contributed by atoms with Crippen molar-refractivity contribution in [2.45, 2.75) is 12.8 Å². The number of hydrogen-bond acceptors (Lipinski definition) is 5. The van der Waals surface area contributed by atoms with E-state index in [1.807, 2.05) is 19.2 Å². The van der Waals surface area contributed by atoms with Crippen LogP contribution >= 0.6 is 0 Å². The monoisotopic (exact) mass is 447 g/mol. The highest BCUT2D eigenvalue weighted by Crippen LogP contribution is 2.36. The van der Waals surface area contributed by atoms with Crippen LogP contribution in [0.25, 0.3) is 22.4 Å². The molecule has 2 aromatic carbocycles. The van der Waals surface area contributed by atoms with Crippen molar-refractivity contribution in [2.75, 3.05) is 20.1 Å². The van der Waals surface area contributed by atoms with Crippen molar-refractivity contribution in [2.24, 2.45) is 10.9 Å². The molecule has 34 heavy (non-hydrogen) atoms. The zero-order valence-corrected chi connectivity index (χ0v) is 19.6. The van der Waals surface area contributed by atoms with Crippen molar-refractivity contribution in [3.05, 3.63) is 109 Å². The number of nitrogens with zero attached hydrogens (tertiary/aromatic N) is 5. The average Bonchev–Trinajstić information content (AvgIpc) is 2.91. The lowest BCUT2D eigenvalue weighted by Crippen LogP contribution is -2.46. The summed E-state index contributed by atoms with van der Waals surface area (Å²) in [7, 11) is 2.02. The molecule has 0 radical (unpaired) electrons. The number of benzene rings is 2. The summed E-state index contributed by atoms with van der Waals surface area (Å²) in [4.78, 5) is 17.7. The summed E-state index contributed by atoms with van der Waals surface area (Å²) < 4.78 is 0. The molecule has 2 aliphatic rings. The van der Waals surface area contributed by atoms with Gasteiger partial charge in [-0.25, -0.2) is 15.0 Å². The quantitative estimate of drug-likeness (QED) is 0.513. The Morgan fingerprint density at radius 3 is 2.44 bits per heavy atom. The Balaban J connectivity index is 1.33. The number of likely N-dealkylation sites (N-methyl/N-ethyl adjacent to an activating group) is 1. The van der Waals surface area contributed by atoms with Crippen LogP contribution in [0.1, 0.15) is 24.1 Å². The second-order valence-electron chi connectivity index (χ2n) is 8.78. The summed E-state index contributed by atoms with van der Waals surface area (Å²) in [6.45, 7) is 10.6. The third kappa shape index (κ3) is 4.29. The standard InChI is InChI=1S/C29H29N5/c1-21-19-28(27-13-16-30-20-31-27)32-29(33(21)3)34-17-14-23(15-18-34)22(2)25-11-7-8-12-26(25)24-9-5-4-6-10-24/h4-13,16,19-20,23H,1-2,14-15,17-18H2,3H3. The molecule has 0 amide bonds. The highest BCUT2D eigenvalue weighted by atomic mass is 15.4. The number of guanidine groups is 1. The number of likely N-dealkylation sites (tertiary alicyclic amines) is 1. The van der Waals surface area contributed by atoms with Gasteiger partial charge in [-0.3, -0.25) is 0 Å². The predicted molar refractivity (Wildman–Crippen MR) is 140 cm³/mol. The minimum Gasteiger partial charge on any atom is -0.342 e. The topological polar surface area (TPSA) is 44.6 Å². The van der Waals surface area contributed by atoms with E-state index in [2.05, 4.69) is 87.5 Å². The molecule has 2 aliphatic heterocycles. The van der Waals surface area contributed by atoms with Gasteiger partial charge in [-0.05, 0) is 53.2 Å². The molecule has 5 nitrogen and oxygen atoms in total. The van der Waals surface area contributed by atoms with E-state index in [9.17, 15) is 0 Å². The molecule has 0 atom stereocenters. The lowest BCUT2D eigenvalue weighted by molar-refractivity contribution is 0.280. The molecular weight excluding hydrogens is 418 g/mol. The highest BCUT2D eigenvalue weighted by molar-refractivity contribution is 5.91. The van der Waals surface area contributed by atoms with Crippen molar-refractivity contribution in [1.29, 1.82) is 0 Å². The Labute approximate surface area is 201 Å². The van der Waals surface area contributed by atoms with Gasteiger partial charge < -0.3 is 9.80 Å². The van der Waals surface area contributed by atoms with E-state index in [0.29, 0.717) is 5.92 Å². The fraction of sp³-hybridized carbons (Fsp3) is 0.207. The molecule has 3 heterocycles. The molecular formula is C29H29N5. The van der Waals surface area contributed by atoms with Crippen LogP contribution in [-0.2, 0) is 0 Å². The summed E-state index contributed by atoms with van der Waals surface area (Å²) in [5, 5.41) is 0. The van der Waals surface area contributed by atoms with Crippen LogP contribution in [0.15, 0.2) is 103 Å². The van der Waals surface area contributed by atoms with Crippen molar-refractivity contribution in [1.82, 2.24) is 19.8 Å². The molecule has 0 spiro atoms. The van der Waals surface area contributed by atoms with Gasteiger partial charge in [0.25, 0.3) is 0 Å². The Morgan fingerprint density at radius 2 is 1.71 bits per heavy atom. The first-order chi connectivity index (χ1) is 16.6. The molecule has 1 fully saturated rings. The molecule has 1 aromatic heterocycles. The van der Waals surface area contributed by atoms with Crippen LogP contribution in [0.2, 0.25) is 0 Å². The Kier molecular flexibility index (Phi) is 6.09. The van der Waals surface area contributed by atoms with Crippen molar-refractivity contribution < 1.29 is 0 Å². The first-order valence-electron chi connectivity index (χ1n) is 11.7. The van der Waals surface area contributed by atoms with E-state index in [0.717, 1.165) is 49.0 Å². The van der Waals surface area contributed by atoms with Crippen LogP contribution < -0.4 is 0 Å². The van der Waals surface area contributed by atoms with Crippen LogP contribution in [0.4, 0.5) is 0 Å². The molecule has 0 aliphatic carbocycles. The van der Waals surface area contributed by atoms with Gasteiger partial charge in [-0.2, -0.15) is 0 Å². The summed E-state index contributed by atoms with van der Waals surface area (Å²) in [6.07, 6.45) is 7.34. The van der Waals surface area contributed by atoms with Gasteiger partial charge >= 0.3 is 0 Å². The molecule has 5 rings (SSSR count). The first kappa shape index (κ1) is 21.8. The maximum Gasteiger partial charge on any atom is 0.206 e. The molecule has 3 aromatic rings. The molecule has 1 saturated heterocycles. The minimum absolute atomic E-state index is 0.440. The maximum absolute atomic E-state index is 4.95. The second-order valence-corrected chi connectivity index (χ2v) is 8.78. The third-order valence-corrected chi connectivity index (χ3v) is 6.73. The summed E-state index contributed by atoms with van der Waals surface area (Å²) in [5.41, 5.74) is 7.50. The summed E-state index contributed by atoms with van der Waals surface area (Å²) in [5.74, 6) is 1.37. The minimum atomic E-state index is 0.440. The zero-order chi connectivity index (χ0) is 23.5. The van der Waals surface area contributed by atoms with Crippen LogP contribution in [-0.4, -0.2) is 45.9 Å². The molecule has 0 bridgehead atoms. The van der Waals surface area contributed by atoms with Gasteiger partial charge in [0, 0.05) is 32.0 Å².